The number of thiophene rings is 1. The van der Waals surface area contributed by atoms with Crippen LogP contribution in [0.4, 0.5) is 5.69 Å². The minimum absolute atomic E-state index is 0.113. The third kappa shape index (κ3) is 3.16. The van der Waals surface area contributed by atoms with Crippen molar-refractivity contribution < 1.29 is 14.3 Å². The maximum absolute atomic E-state index is 12.6. The Labute approximate surface area is 149 Å². The van der Waals surface area contributed by atoms with Gasteiger partial charge in [0.2, 0.25) is 0 Å². The number of fused-ring (bicyclic) bond motifs is 1. The second kappa shape index (κ2) is 6.91. The van der Waals surface area contributed by atoms with Gasteiger partial charge in [-0.2, -0.15) is 0 Å². The Morgan fingerprint density at radius 2 is 2.00 bits per heavy atom. The number of anilines is 1. The Hall–Kier alpha value is -1.92. The van der Waals surface area contributed by atoms with E-state index in [4.69, 9.17) is 9.47 Å². The summed E-state index contributed by atoms with van der Waals surface area (Å²) in [6.45, 7) is 4.27. The predicted octanol–water partition coefficient (Wildman–Crippen LogP) is 4.61. The lowest BCUT2D eigenvalue weighted by atomic mass is 10.1. The zero-order valence-electron chi connectivity index (χ0n) is 14.1. The van der Waals surface area contributed by atoms with Crippen LogP contribution in [0.2, 0.25) is 0 Å². The van der Waals surface area contributed by atoms with Gasteiger partial charge in [-0.25, -0.2) is 0 Å². The van der Waals surface area contributed by atoms with Crippen molar-refractivity contribution >= 4 is 40.8 Å². The fourth-order valence-electron chi connectivity index (χ4n) is 2.52. The first-order chi connectivity index (χ1) is 11.5. The molecule has 0 radical (unpaired) electrons. The molecule has 0 spiro atoms. The molecule has 1 aromatic carbocycles. The fraction of sp³-hybridized carbons (Fsp3) is 0.278. The number of carbonyl (C=O) groups excluding carboxylic acids is 1. The molecule has 0 fully saturated rings. The Morgan fingerprint density at radius 3 is 2.71 bits per heavy atom. The number of nitrogens with one attached hydrogen (secondary N) is 1. The van der Waals surface area contributed by atoms with Crippen LogP contribution in [0.25, 0.3) is 6.08 Å². The number of benzene rings is 1. The highest BCUT2D eigenvalue weighted by Crippen LogP contribution is 2.40. The lowest BCUT2D eigenvalue weighted by Crippen LogP contribution is -2.14. The highest BCUT2D eigenvalue weighted by atomic mass is 32.2. The van der Waals surface area contributed by atoms with Crippen molar-refractivity contribution in [2.45, 2.75) is 19.6 Å². The van der Waals surface area contributed by atoms with Gasteiger partial charge in [0.15, 0.2) is 0 Å². The summed E-state index contributed by atoms with van der Waals surface area (Å²) in [6, 6.07) is 5.33. The molecule has 2 heterocycles. The van der Waals surface area contributed by atoms with Crippen LogP contribution >= 0.6 is 23.1 Å². The normalized spacial score (nSPS) is 13.1. The van der Waals surface area contributed by atoms with Crippen LogP contribution in [0.1, 0.15) is 20.9 Å². The monoisotopic (exact) mass is 361 g/mol. The molecule has 0 unspecified atom stereocenters. The predicted molar refractivity (Wildman–Crippen MR) is 101 cm³/mol. The van der Waals surface area contributed by atoms with E-state index >= 15 is 0 Å². The molecule has 1 aliphatic rings. The molecule has 2 aromatic rings. The average molecular weight is 361 g/mol. The van der Waals surface area contributed by atoms with Gasteiger partial charge in [0.05, 0.1) is 24.8 Å². The van der Waals surface area contributed by atoms with E-state index in [9.17, 15) is 4.79 Å². The van der Waals surface area contributed by atoms with Crippen LogP contribution in [0.5, 0.6) is 11.5 Å². The summed E-state index contributed by atoms with van der Waals surface area (Å²) in [5.74, 6) is 1.99. The van der Waals surface area contributed by atoms with Crippen LogP contribution < -0.4 is 14.8 Å². The molecule has 4 nitrogen and oxygen atoms in total. The van der Waals surface area contributed by atoms with Gasteiger partial charge in [-0.05, 0) is 43.2 Å². The van der Waals surface area contributed by atoms with Crippen LogP contribution in [0, 0.1) is 13.8 Å². The maximum atomic E-state index is 12.6. The molecule has 1 aliphatic heterocycles. The SMILES string of the molecule is COc1ccc(NC(=O)C2=Cc3sc(C)c(C)c3CS2)c(OC)c1. The molecule has 3 rings (SSSR count). The molecule has 0 saturated heterocycles. The van der Waals surface area contributed by atoms with Gasteiger partial charge in [-0.15, -0.1) is 23.1 Å². The first-order valence-corrected chi connectivity index (χ1v) is 9.30. The zero-order chi connectivity index (χ0) is 17.3. The van der Waals surface area contributed by atoms with Crippen molar-refractivity contribution in [1.82, 2.24) is 0 Å². The second-order valence-electron chi connectivity index (χ2n) is 5.44. The number of methoxy groups -OCH3 is 2. The molecule has 0 saturated carbocycles. The van der Waals surface area contributed by atoms with E-state index in [1.165, 1.54) is 20.9 Å². The molecule has 0 aliphatic carbocycles. The number of carbonyl (C=O) groups is 1. The summed E-state index contributed by atoms with van der Waals surface area (Å²) < 4.78 is 10.5. The van der Waals surface area contributed by atoms with Crippen molar-refractivity contribution in [1.29, 1.82) is 0 Å². The minimum Gasteiger partial charge on any atom is -0.497 e. The topological polar surface area (TPSA) is 47.6 Å². The molecule has 0 bridgehead atoms. The third-order valence-electron chi connectivity index (χ3n) is 4.06. The van der Waals surface area contributed by atoms with Crippen LogP contribution in [-0.2, 0) is 10.5 Å². The molecule has 1 aromatic heterocycles. The number of hydrogen-bond acceptors (Lipinski definition) is 5. The number of amides is 1. The van der Waals surface area contributed by atoms with Crippen molar-refractivity contribution in [3.63, 3.8) is 0 Å². The molecule has 0 atom stereocenters. The quantitative estimate of drug-likeness (QED) is 0.864. The van der Waals surface area contributed by atoms with Gasteiger partial charge in [-0.3, -0.25) is 4.79 Å². The van der Waals surface area contributed by atoms with Gasteiger partial charge in [0.25, 0.3) is 5.91 Å². The smallest absolute Gasteiger partial charge is 0.262 e. The highest BCUT2D eigenvalue weighted by molar-refractivity contribution is 8.03. The van der Waals surface area contributed by atoms with E-state index in [2.05, 4.69) is 19.2 Å². The van der Waals surface area contributed by atoms with E-state index in [0.29, 0.717) is 17.2 Å². The first kappa shape index (κ1) is 16.9. The number of hydrogen-bond donors (Lipinski definition) is 1. The zero-order valence-corrected chi connectivity index (χ0v) is 15.7. The number of ether oxygens (including phenoxy) is 2. The van der Waals surface area contributed by atoms with Crippen molar-refractivity contribution in [3.05, 3.63) is 44.0 Å². The van der Waals surface area contributed by atoms with Crippen molar-refractivity contribution in [2.24, 2.45) is 0 Å². The number of rotatable bonds is 4. The van der Waals surface area contributed by atoms with E-state index < -0.39 is 0 Å². The fourth-order valence-corrected chi connectivity index (χ4v) is 4.88. The molecular weight excluding hydrogens is 342 g/mol. The van der Waals surface area contributed by atoms with E-state index in [1.807, 2.05) is 6.08 Å². The summed E-state index contributed by atoms with van der Waals surface area (Å²) in [6.07, 6.45) is 1.99. The van der Waals surface area contributed by atoms with Gasteiger partial charge in [0.1, 0.15) is 11.5 Å². The van der Waals surface area contributed by atoms with Crippen LogP contribution in [0.3, 0.4) is 0 Å². The largest absolute Gasteiger partial charge is 0.497 e. The first-order valence-electron chi connectivity index (χ1n) is 7.50. The Kier molecular flexibility index (Phi) is 4.87. The number of aryl methyl sites for hydroxylation is 1. The highest BCUT2D eigenvalue weighted by Gasteiger charge is 2.21. The molecular formula is C18H19NO3S2. The molecule has 126 valence electrons. The van der Waals surface area contributed by atoms with E-state index in [0.717, 1.165) is 10.7 Å². The lowest BCUT2D eigenvalue weighted by Gasteiger charge is -2.15. The minimum atomic E-state index is -0.113. The summed E-state index contributed by atoms with van der Waals surface area (Å²) in [4.78, 5) is 15.8. The molecule has 1 N–H and O–H groups in total. The standard InChI is InChI=1S/C18H19NO3S2/c1-10-11(2)24-16-8-17(23-9-13(10)16)18(20)19-14-6-5-12(21-3)7-15(14)22-4/h5-8H,9H2,1-4H3,(H,19,20). The van der Waals surface area contributed by atoms with Crippen LogP contribution in [0.15, 0.2) is 23.1 Å². The van der Waals surface area contributed by atoms with Gasteiger partial charge < -0.3 is 14.8 Å². The Morgan fingerprint density at radius 1 is 1.21 bits per heavy atom. The Bertz CT molecular complexity index is 824. The molecule has 24 heavy (non-hydrogen) atoms. The summed E-state index contributed by atoms with van der Waals surface area (Å²) in [5, 5.41) is 2.93. The van der Waals surface area contributed by atoms with E-state index in [-0.39, 0.29) is 5.91 Å². The van der Waals surface area contributed by atoms with Gasteiger partial charge in [0, 0.05) is 21.6 Å². The second-order valence-corrected chi connectivity index (χ2v) is 7.72. The number of thioether (sulfide) groups is 1. The summed E-state index contributed by atoms with van der Waals surface area (Å²) >= 11 is 3.32. The maximum Gasteiger partial charge on any atom is 0.262 e. The molecule has 6 heteroatoms. The van der Waals surface area contributed by atoms with Gasteiger partial charge in [-0.1, -0.05) is 0 Å². The van der Waals surface area contributed by atoms with Gasteiger partial charge >= 0.3 is 0 Å². The van der Waals surface area contributed by atoms with Crippen LogP contribution in [-0.4, -0.2) is 20.1 Å². The van der Waals surface area contributed by atoms with Crippen molar-refractivity contribution in [2.75, 3.05) is 19.5 Å². The average Bonchev–Trinajstić information content (AvgIpc) is 2.89. The summed E-state index contributed by atoms with van der Waals surface area (Å²) in [7, 11) is 3.17. The summed E-state index contributed by atoms with van der Waals surface area (Å²) in [5.41, 5.74) is 3.32. The lowest BCUT2D eigenvalue weighted by molar-refractivity contribution is -0.112. The van der Waals surface area contributed by atoms with Crippen molar-refractivity contribution in [3.8, 4) is 11.5 Å². The Balaban J connectivity index is 1.83. The van der Waals surface area contributed by atoms with E-state index in [1.54, 1.807) is 55.5 Å². The third-order valence-corrected chi connectivity index (χ3v) is 6.30. The molecule has 1 amide bonds.